The largest absolute Gasteiger partial charge is 0.489 e. The van der Waals surface area contributed by atoms with Gasteiger partial charge in [-0.3, -0.25) is 5.32 Å². The quantitative estimate of drug-likeness (QED) is 0.520. The summed E-state index contributed by atoms with van der Waals surface area (Å²) in [4.78, 5) is 16.3. The number of rotatable bonds is 5. The maximum Gasteiger partial charge on any atom is 0.412 e. The van der Waals surface area contributed by atoms with Crippen molar-refractivity contribution >= 4 is 23.4 Å². The maximum absolute atomic E-state index is 11.9. The molecule has 0 aliphatic heterocycles. The second-order valence-corrected chi connectivity index (χ2v) is 8.35. The van der Waals surface area contributed by atoms with E-state index in [9.17, 15) is 4.79 Å². The molecule has 2 aromatic carbocycles. The summed E-state index contributed by atoms with van der Waals surface area (Å²) < 4.78 is 16.3. The first kappa shape index (κ1) is 21.6. The second-order valence-electron chi connectivity index (χ2n) is 7.94. The van der Waals surface area contributed by atoms with Crippen molar-refractivity contribution in [1.29, 1.82) is 0 Å². The normalized spacial score (nSPS) is 11.4. The monoisotopic (exact) mass is 429 g/mol. The van der Waals surface area contributed by atoms with Crippen molar-refractivity contribution in [2.24, 2.45) is 0 Å². The number of anilines is 1. The molecule has 0 atom stereocenters. The van der Waals surface area contributed by atoms with Crippen LogP contribution < -0.4 is 10.1 Å². The fourth-order valence-electron chi connectivity index (χ4n) is 2.57. The molecule has 0 saturated carbocycles. The van der Waals surface area contributed by atoms with Crippen LogP contribution in [0.3, 0.4) is 0 Å². The van der Waals surface area contributed by atoms with Crippen LogP contribution in [0.4, 0.5) is 10.5 Å². The minimum absolute atomic E-state index is 0.0258. The third kappa shape index (κ3) is 5.73. The van der Waals surface area contributed by atoms with Crippen LogP contribution in [0.25, 0.3) is 22.8 Å². The first-order valence-electron chi connectivity index (χ1n) is 9.51. The van der Waals surface area contributed by atoms with Crippen LogP contribution in [-0.4, -0.2) is 27.9 Å². The fourth-order valence-corrected chi connectivity index (χ4v) is 2.79. The molecule has 1 aromatic heterocycles. The van der Waals surface area contributed by atoms with Gasteiger partial charge in [0, 0.05) is 16.8 Å². The summed E-state index contributed by atoms with van der Waals surface area (Å²) in [5.41, 5.74) is 1.47. The molecule has 3 rings (SSSR count). The van der Waals surface area contributed by atoms with E-state index >= 15 is 0 Å². The molecular formula is C22H24ClN3O4. The lowest BCUT2D eigenvalue weighted by molar-refractivity contribution is 0.0636. The Morgan fingerprint density at radius 1 is 1.10 bits per heavy atom. The second kappa shape index (κ2) is 8.75. The third-order valence-electron chi connectivity index (χ3n) is 3.76. The molecule has 0 aliphatic rings. The van der Waals surface area contributed by atoms with E-state index in [4.69, 9.17) is 25.6 Å². The number of amides is 1. The Balaban J connectivity index is 1.72. The minimum atomic E-state index is -0.563. The number of carbonyl (C=O) groups is 1. The van der Waals surface area contributed by atoms with Crippen LogP contribution in [0.15, 0.2) is 47.0 Å². The van der Waals surface area contributed by atoms with Crippen LogP contribution in [0.2, 0.25) is 5.02 Å². The van der Waals surface area contributed by atoms with Gasteiger partial charge in [-0.1, -0.05) is 16.8 Å². The maximum atomic E-state index is 11.9. The van der Waals surface area contributed by atoms with Crippen molar-refractivity contribution < 1.29 is 18.8 Å². The zero-order chi connectivity index (χ0) is 21.9. The topological polar surface area (TPSA) is 86.5 Å². The molecule has 0 unspecified atom stereocenters. The van der Waals surface area contributed by atoms with Crippen LogP contribution in [0.5, 0.6) is 5.75 Å². The number of aromatic nitrogens is 2. The summed E-state index contributed by atoms with van der Waals surface area (Å²) in [6, 6.07) is 12.4. The van der Waals surface area contributed by atoms with Crippen LogP contribution in [-0.2, 0) is 4.74 Å². The molecule has 1 amide bonds. The van der Waals surface area contributed by atoms with Gasteiger partial charge in [-0.25, -0.2) is 4.79 Å². The van der Waals surface area contributed by atoms with Crippen LogP contribution >= 0.6 is 11.6 Å². The van der Waals surface area contributed by atoms with Crippen molar-refractivity contribution in [3.05, 3.63) is 47.5 Å². The van der Waals surface area contributed by atoms with Gasteiger partial charge < -0.3 is 14.0 Å². The van der Waals surface area contributed by atoms with Gasteiger partial charge >= 0.3 is 6.09 Å². The highest BCUT2D eigenvalue weighted by Crippen LogP contribution is 2.31. The fraction of sp³-hybridized carbons (Fsp3) is 0.318. The summed E-state index contributed by atoms with van der Waals surface area (Å²) in [5, 5.41) is 7.19. The average molecular weight is 430 g/mol. The molecule has 8 heteroatoms. The Labute approximate surface area is 180 Å². The van der Waals surface area contributed by atoms with E-state index in [1.54, 1.807) is 57.2 Å². The predicted molar refractivity (Wildman–Crippen MR) is 116 cm³/mol. The zero-order valence-electron chi connectivity index (χ0n) is 17.5. The van der Waals surface area contributed by atoms with Gasteiger partial charge in [0.25, 0.3) is 5.89 Å². The number of hydrogen-bond donors (Lipinski definition) is 1. The Kier molecular flexibility index (Phi) is 6.31. The van der Waals surface area contributed by atoms with E-state index in [1.807, 2.05) is 19.9 Å². The smallest absolute Gasteiger partial charge is 0.412 e. The summed E-state index contributed by atoms with van der Waals surface area (Å²) >= 11 is 6.29. The molecule has 0 radical (unpaired) electrons. The van der Waals surface area contributed by atoms with E-state index in [0.29, 0.717) is 39.3 Å². The molecule has 158 valence electrons. The van der Waals surface area contributed by atoms with Gasteiger partial charge in [-0.2, -0.15) is 4.98 Å². The highest BCUT2D eigenvalue weighted by molar-refractivity contribution is 6.32. The molecule has 0 saturated heterocycles. The summed E-state index contributed by atoms with van der Waals surface area (Å²) in [5.74, 6) is 1.37. The third-order valence-corrected chi connectivity index (χ3v) is 4.05. The Morgan fingerprint density at radius 3 is 2.37 bits per heavy atom. The number of hydrogen-bond acceptors (Lipinski definition) is 6. The molecule has 30 heavy (non-hydrogen) atoms. The van der Waals surface area contributed by atoms with E-state index in [1.165, 1.54) is 0 Å². The lowest BCUT2D eigenvalue weighted by atomic mass is 10.2. The Morgan fingerprint density at radius 2 is 1.77 bits per heavy atom. The molecule has 0 spiro atoms. The Bertz CT molecular complexity index is 1020. The molecule has 7 nitrogen and oxygen atoms in total. The van der Waals surface area contributed by atoms with E-state index in [2.05, 4.69) is 15.5 Å². The lowest BCUT2D eigenvalue weighted by Crippen LogP contribution is -2.27. The van der Waals surface area contributed by atoms with E-state index in [-0.39, 0.29) is 6.10 Å². The van der Waals surface area contributed by atoms with Gasteiger partial charge in [0.05, 0.1) is 11.1 Å². The minimum Gasteiger partial charge on any atom is -0.489 e. The number of carbonyl (C=O) groups excluding carboxylic acids is 1. The number of halogens is 1. The summed E-state index contributed by atoms with van der Waals surface area (Å²) in [7, 11) is 0. The molecular weight excluding hydrogens is 406 g/mol. The predicted octanol–water partition coefficient (Wildman–Crippen LogP) is 6.19. The molecule has 0 bridgehead atoms. The van der Waals surface area contributed by atoms with E-state index in [0.717, 1.165) is 0 Å². The molecule has 3 aromatic rings. The standard InChI is InChI=1S/C22H24ClN3O4/c1-13(2)28-18-11-8-15(12-17(18)23)19-25-20(30-26-19)14-6-9-16(10-7-14)24-21(27)29-22(3,4)5/h6-13H,1-5H3,(H,24,27). The lowest BCUT2D eigenvalue weighted by Gasteiger charge is -2.19. The summed E-state index contributed by atoms with van der Waals surface area (Å²) in [6.45, 7) is 9.29. The van der Waals surface area contributed by atoms with Gasteiger partial charge in [0.2, 0.25) is 5.82 Å². The highest BCUT2D eigenvalue weighted by atomic mass is 35.5. The van der Waals surface area contributed by atoms with Crippen molar-refractivity contribution in [3.8, 4) is 28.6 Å². The SMILES string of the molecule is CC(C)Oc1ccc(-c2noc(-c3ccc(NC(=O)OC(C)(C)C)cc3)n2)cc1Cl. The number of benzene rings is 2. The average Bonchev–Trinajstić information content (AvgIpc) is 3.12. The van der Waals surface area contributed by atoms with Crippen molar-refractivity contribution in [1.82, 2.24) is 10.1 Å². The van der Waals surface area contributed by atoms with Gasteiger partial charge in [-0.15, -0.1) is 0 Å². The Hall–Kier alpha value is -3.06. The molecule has 1 heterocycles. The highest BCUT2D eigenvalue weighted by Gasteiger charge is 2.17. The molecule has 0 aliphatic carbocycles. The van der Waals surface area contributed by atoms with Gasteiger partial charge in [0.1, 0.15) is 11.4 Å². The van der Waals surface area contributed by atoms with E-state index < -0.39 is 11.7 Å². The van der Waals surface area contributed by atoms with Crippen molar-refractivity contribution in [3.63, 3.8) is 0 Å². The number of nitrogens with zero attached hydrogens (tertiary/aromatic N) is 2. The molecule has 1 N–H and O–H groups in total. The number of ether oxygens (including phenoxy) is 2. The van der Waals surface area contributed by atoms with Gasteiger partial charge in [0.15, 0.2) is 0 Å². The summed E-state index contributed by atoms with van der Waals surface area (Å²) in [6.07, 6.45) is -0.491. The first-order chi connectivity index (χ1) is 14.1. The zero-order valence-corrected chi connectivity index (χ0v) is 18.3. The number of nitrogens with one attached hydrogen (secondary N) is 1. The molecule has 0 fully saturated rings. The van der Waals surface area contributed by atoms with Crippen LogP contribution in [0, 0.1) is 0 Å². The van der Waals surface area contributed by atoms with Crippen LogP contribution in [0.1, 0.15) is 34.6 Å². The van der Waals surface area contributed by atoms with Gasteiger partial charge in [-0.05, 0) is 77.1 Å². The first-order valence-corrected chi connectivity index (χ1v) is 9.89. The van der Waals surface area contributed by atoms with Crippen molar-refractivity contribution in [2.75, 3.05) is 5.32 Å². The van der Waals surface area contributed by atoms with Crippen molar-refractivity contribution in [2.45, 2.75) is 46.3 Å².